The number of terminal acetylenes is 1. The van der Waals surface area contributed by atoms with Crippen LogP contribution < -0.4 is 0 Å². The summed E-state index contributed by atoms with van der Waals surface area (Å²) in [6.07, 6.45) is 5.54. The van der Waals surface area contributed by atoms with Crippen molar-refractivity contribution in [2.75, 3.05) is 0 Å². The van der Waals surface area contributed by atoms with Crippen LogP contribution in [0.15, 0.2) is 0 Å². The lowest BCUT2D eigenvalue weighted by Crippen LogP contribution is -1.86. The molecule has 0 unspecified atom stereocenters. The van der Waals surface area contributed by atoms with E-state index in [9.17, 15) is 4.79 Å². The highest BCUT2D eigenvalue weighted by Crippen LogP contribution is 1.79. The number of aldehydes is 1. The summed E-state index contributed by atoms with van der Waals surface area (Å²) in [5, 5.41) is 0. The van der Waals surface area contributed by atoms with Crippen LogP contribution in [0.4, 0.5) is 0 Å². The molecule has 0 bridgehead atoms. The van der Waals surface area contributed by atoms with Crippen molar-refractivity contribution < 1.29 is 4.79 Å². The van der Waals surface area contributed by atoms with Crippen LogP contribution in [0.2, 0.25) is 0 Å². The molecule has 0 radical (unpaired) electrons. The third-order valence-electron chi connectivity index (χ3n) is 0.467. The molecule has 6 heavy (non-hydrogen) atoms. The second-order valence-corrected chi connectivity index (χ2v) is 1.09. The lowest BCUT2D eigenvalue weighted by molar-refractivity contribution is -0.109. The van der Waals surface area contributed by atoms with Crippen molar-refractivity contribution in [2.45, 2.75) is 6.92 Å². The third kappa shape index (κ3) is 1.54. The molecule has 0 N–H and O–H groups in total. The van der Waals surface area contributed by atoms with Gasteiger partial charge in [0, 0.05) is 0 Å². The summed E-state index contributed by atoms with van der Waals surface area (Å²) in [6.45, 7) is 1.67. The average Bonchev–Trinajstić information content (AvgIpc) is 1.65. The molecule has 32 valence electrons. The van der Waals surface area contributed by atoms with Gasteiger partial charge in [0.15, 0.2) is 0 Å². The molecular formula is C5H6O. The Bertz CT molecular complexity index is 78.4. The first-order valence-corrected chi connectivity index (χ1v) is 1.72. The van der Waals surface area contributed by atoms with Crippen LogP contribution in [0, 0.1) is 18.3 Å². The standard InChI is InChI=1S/C5H6O/c1-3-5(2)4-6/h1,4-5H,2H3/t5-/m0/s1. The topological polar surface area (TPSA) is 17.1 Å². The average molecular weight is 82.1 g/mol. The van der Waals surface area contributed by atoms with Crippen LogP contribution in [-0.2, 0) is 4.79 Å². The predicted octanol–water partition coefficient (Wildman–Crippen LogP) is 0.455. The molecule has 0 amide bonds. The second kappa shape index (κ2) is 2.47. The molecule has 1 heteroatoms. The molecule has 0 aromatic rings. The molecule has 0 rings (SSSR count). The fourth-order valence-electron chi connectivity index (χ4n) is 0.0393. The monoisotopic (exact) mass is 82.0 g/mol. The van der Waals surface area contributed by atoms with Crippen molar-refractivity contribution in [1.29, 1.82) is 0 Å². The van der Waals surface area contributed by atoms with Gasteiger partial charge in [-0.1, -0.05) is 5.92 Å². The zero-order chi connectivity index (χ0) is 4.99. The van der Waals surface area contributed by atoms with Crippen LogP contribution in [0.3, 0.4) is 0 Å². The van der Waals surface area contributed by atoms with E-state index in [1.54, 1.807) is 6.92 Å². The van der Waals surface area contributed by atoms with Gasteiger partial charge in [-0.25, -0.2) is 0 Å². The Morgan fingerprint density at radius 1 is 2.00 bits per heavy atom. The van der Waals surface area contributed by atoms with Gasteiger partial charge in [-0.15, -0.1) is 6.42 Å². The van der Waals surface area contributed by atoms with E-state index < -0.39 is 0 Å². The van der Waals surface area contributed by atoms with Gasteiger partial charge < -0.3 is 4.79 Å². The molecule has 0 saturated heterocycles. The van der Waals surface area contributed by atoms with E-state index >= 15 is 0 Å². The zero-order valence-corrected chi connectivity index (χ0v) is 3.64. The van der Waals surface area contributed by atoms with E-state index in [2.05, 4.69) is 5.92 Å². The molecular weight excluding hydrogens is 76.1 g/mol. The van der Waals surface area contributed by atoms with Crippen molar-refractivity contribution in [1.82, 2.24) is 0 Å². The summed E-state index contributed by atoms with van der Waals surface area (Å²) in [7, 11) is 0. The van der Waals surface area contributed by atoms with Gasteiger partial charge in [0.1, 0.15) is 6.29 Å². The Morgan fingerprint density at radius 3 is 2.50 bits per heavy atom. The van der Waals surface area contributed by atoms with Crippen LogP contribution in [0.1, 0.15) is 6.92 Å². The third-order valence-corrected chi connectivity index (χ3v) is 0.467. The maximum atomic E-state index is 9.59. The van der Waals surface area contributed by atoms with Crippen LogP contribution in [0.25, 0.3) is 0 Å². The Labute approximate surface area is 37.4 Å². The largest absolute Gasteiger partial charge is 0.302 e. The fourth-order valence-corrected chi connectivity index (χ4v) is 0.0393. The van der Waals surface area contributed by atoms with Gasteiger partial charge in [-0.05, 0) is 6.92 Å². The zero-order valence-electron chi connectivity index (χ0n) is 3.64. The highest BCUT2D eigenvalue weighted by molar-refractivity contribution is 5.57. The van der Waals surface area contributed by atoms with Gasteiger partial charge >= 0.3 is 0 Å². The van der Waals surface area contributed by atoms with Crippen molar-refractivity contribution >= 4 is 6.29 Å². The van der Waals surface area contributed by atoms with E-state index in [-0.39, 0.29) is 5.92 Å². The molecule has 1 nitrogen and oxygen atoms in total. The Hall–Kier alpha value is -0.770. The molecule has 0 aromatic heterocycles. The van der Waals surface area contributed by atoms with Crippen molar-refractivity contribution in [3.05, 3.63) is 0 Å². The maximum Gasteiger partial charge on any atom is 0.134 e. The molecule has 0 heterocycles. The molecule has 0 aliphatic rings. The first-order valence-electron chi connectivity index (χ1n) is 1.72. The molecule has 0 aliphatic heterocycles. The minimum Gasteiger partial charge on any atom is -0.302 e. The number of carbonyl (C=O) groups excluding carboxylic acids is 1. The Balaban J connectivity index is 3.30. The highest BCUT2D eigenvalue weighted by atomic mass is 16.1. The maximum absolute atomic E-state index is 9.59. The first kappa shape index (κ1) is 5.23. The smallest absolute Gasteiger partial charge is 0.134 e. The van der Waals surface area contributed by atoms with Gasteiger partial charge in [-0.2, -0.15) is 0 Å². The molecule has 1 atom stereocenters. The van der Waals surface area contributed by atoms with E-state index in [1.165, 1.54) is 0 Å². The number of hydrogen-bond acceptors (Lipinski definition) is 1. The summed E-state index contributed by atoms with van der Waals surface area (Å²) in [5.74, 6) is 2.03. The Kier molecular flexibility index (Phi) is 2.15. The van der Waals surface area contributed by atoms with Gasteiger partial charge in [0.2, 0.25) is 0 Å². The quantitative estimate of drug-likeness (QED) is 0.331. The normalized spacial score (nSPS) is 12.0. The van der Waals surface area contributed by atoms with E-state index in [1.807, 2.05) is 0 Å². The molecule has 0 aliphatic carbocycles. The fraction of sp³-hybridized carbons (Fsp3) is 0.400. The number of hydrogen-bond donors (Lipinski definition) is 0. The van der Waals surface area contributed by atoms with Crippen LogP contribution in [-0.4, -0.2) is 6.29 Å². The van der Waals surface area contributed by atoms with Crippen molar-refractivity contribution in [2.24, 2.45) is 5.92 Å². The number of carbonyl (C=O) groups is 1. The van der Waals surface area contributed by atoms with E-state index in [0.717, 1.165) is 6.29 Å². The summed E-state index contributed by atoms with van der Waals surface area (Å²) in [4.78, 5) is 9.59. The minimum absolute atomic E-state index is 0.218. The lowest BCUT2D eigenvalue weighted by atomic mass is 10.2. The molecule has 0 aromatic carbocycles. The van der Waals surface area contributed by atoms with Crippen molar-refractivity contribution in [3.8, 4) is 12.3 Å². The van der Waals surface area contributed by atoms with Gasteiger partial charge in [-0.3, -0.25) is 0 Å². The number of rotatable bonds is 1. The Morgan fingerprint density at radius 2 is 2.50 bits per heavy atom. The second-order valence-electron chi connectivity index (χ2n) is 1.09. The van der Waals surface area contributed by atoms with Crippen LogP contribution >= 0.6 is 0 Å². The van der Waals surface area contributed by atoms with Crippen LogP contribution in [0.5, 0.6) is 0 Å². The van der Waals surface area contributed by atoms with Gasteiger partial charge in [0.25, 0.3) is 0 Å². The van der Waals surface area contributed by atoms with Crippen molar-refractivity contribution in [3.63, 3.8) is 0 Å². The lowest BCUT2D eigenvalue weighted by Gasteiger charge is -1.79. The van der Waals surface area contributed by atoms with Gasteiger partial charge in [0.05, 0.1) is 5.92 Å². The highest BCUT2D eigenvalue weighted by Gasteiger charge is 1.85. The minimum atomic E-state index is -0.218. The summed E-state index contributed by atoms with van der Waals surface area (Å²) in [5.41, 5.74) is 0. The molecule has 0 saturated carbocycles. The molecule has 0 spiro atoms. The summed E-state index contributed by atoms with van der Waals surface area (Å²) < 4.78 is 0. The first-order chi connectivity index (χ1) is 2.81. The molecule has 0 fully saturated rings. The summed E-state index contributed by atoms with van der Waals surface area (Å²) >= 11 is 0. The van der Waals surface area contributed by atoms with E-state index in [4.69, 9.17) is 6.42 Å². The SMILES string of the molecule is C#C[C@H](C)C=O. The van der Waals surface area contributed by atoms with E-state index in [0.29, 0.717) is 0 Å². The predicted molar refractivity (Wildman–Crippen MR) is 24.1 cm³/mol. The summed E-state index contributed by atoms with van der Waals surface area (Å²) in [6, 6.07) is 0.